The van der Waals surface area contributed by atoms with Gasteiger partial charge in [-0.2, -0.15) is 0 Å². The highest BCUT2D eigenvalue weighted by molar-refractivity contribution is 7.89. The van der Waals surface area contributed by atoms with E-state index in [-0.39, 0.29) is 5.75 Å². The van der Waals surface area contributed by atoms with Gasteiger partial charge in [-0.3, -0.25) is 0 Å². The molecule has 0 radical (unpaired) electrons. The predicted molar refractivity (Wildman–Crippen MR) is 103 cm³/mol. The summed E-state index contributed by atoms with van der Waals surface area (Å²) in [5.41, 5.74) is 0.917. The maximum Gasteiger partial charge on any atom is 0.212 e. The van der Waals surface area contributed by atoms with Crippen molar-refractivity contribution in [1.82, 2.24) is 4.72 Å². The van der Waals surface area contributed by atoms with Crippen LogP contribution in [0.3, 0.4) is 0 Å². The fraction of sp³-hybridized carbons (Fsp3) is 0.600. The Morgan fingerprint density at radius 3 is 2.72 bits per heavy atom. The molecular formula is C20H31NO3S. The van der Waals surface area contributed by atoms with E-state index in [1.165, 1.54) is 12.8 Å². The number of sulfonamides is 1. The van der Waals surface area contributed by atoms with Gasteiger partial charge in [-0.1, -0.05) is 45.1 Å². The third-order valence-electron chi connectivity index (χ3n) is 4.62. The molecule has 0 amide bonds. The molecule has 0 spiro atoms. The maximum absolute atomic E-state index is 12.1. The van der Waals surface area contributed by atoms with Gasteiger partial charge in [0.1, 0.15) is 5.75 Å². The highest BCUT2D eigenvalue weighted by atomic mass is 32.2. The molecule has 1 aromatic rings. The molecule has 0 heterocycles. The number of hydrogen-bond donors (Lipinski definition) is 1. The number of nitrogens with one attached hydrogen (secondary N) is 1. The lowest BCUT2D eigenvalue weighted by Gasteiger charge is -2.10. The summed E-state index contributed by atoms with van der Waals surface area (Å²) in [6.45, 7) is 7.53. The monoisotopic (exact) mass is 365 g/mol. The molecule has 1 saturated carbocycles. The summed E-state index contributed by atoms with van der Waals surface area (Å²) in [6.07, 6.45) is 7.11. The Morgan fingerprint density at radius 2 is 2.04 bits per heavy atom. The lowest BCUT2D eigenvalue weighted by molar-refractivity contribution is 0.299. The van der Waals surface area contributed by atoms with Crippen LogP contribution in [0.1, 0.15) is 45.6 Å². The van der Waals surface area contributed by atoms with Gasteiger partial charge in [-0.15, -0.1) is 0 Å². The molecule has 1 aromatic carbocycles. The summed E-state index contributed by atoms with van der Waals surface area (Å²) in [7, 11) is -3.27. The average Bonchev–Trinajstić information content (AvgIpc) is 3.40. The lowest BCUT2D eigenvalue weighted by Crippen LogP contribution is -2.25. The van der Waals surface area contributed by atoms with Crippen LogP contribution in [-0.2, 0) is 16.6 Å². The number of ether oxygens (including phenoxy) is 1. The van der Waals surface area contributed by atoms with Gasteiger partial charge in [0.25, 0.3) is 0 Å². The van der Waals surface area contributed by atoms with Crippen molar-refractivity contribution >= 4 is 10.0 Å². The van der Waals surface area contributed by atoms with E-state index in [9.17, 15) is 8.42 Å². The van der Waals surface area contributed by atoms with Gasteiger partial charge in [0.15, 0.2) is 0 Å². The first kappa shape index (κ1) is 20.0. The van der Waals surface area contributed by atoms with Gasteiger partial charge in [-0.05, 0) is 54.7 Å². The minimum Gasteiger partial charge on any atom is -0.493 e. The van der Waals surface area contributed by atoms with Gasteiger partial charge >= 0.3 is 0 Å². The number of hydrogen-bond acceptors (Lipinski definition) is 3. The molecule has 1 aliphatic rings. The van der Waals surface area contributed by atoms with Crippen molar-refractivity contribution in [2.45, 2.75) is 46.6 Å². The van der Waals surface area contributed by atoms with E-state index in [0.717, 1.165) is 17.9 Å². The van der Waals surface area contributed by atoms with E-state index >= 15 is 0 Å². The molecule has 2 rings (SSSR count). The summed E-state index contributed by atoms with van der Waals surface area (Å²) in [4.78, 5) is 0. The smallest absolute Gasteiger partial charge is 0.212 e. The van der Waals surface area contributed by atoms with Crippen LogP contribution in [0.2, 0.25) is 0 Å². The van der Waals surface area contributed by atoms with Crippen LogP contribution in [0.4, 0.5) is 0 Å². The summed E-state index contributed by atoms with van der Waals surface area (Å²) in [5, 5.41) is 0. The van der Waals surface area contributed by atoms with Crippen LogP contribution >= 0.6 is 0 Å². The number of benzene rings is 1. The molecule has 0 bridgehead atoms. The SMILES string of the molecule is CC(C)C(C)/C=C/CCS(=O)(=O)NCc1cccc(OCC2CC2)c1. The average molecular weight is 366 g/mol. The van der Waals surface area contributed by atoms with E-state index in [4.69, 9.17) is 4.74 Å². The van der Waals surface area contributed by atoms with Crippen LogP contribution in [0.15, 0.2) is 36.4 Å². The molecule has 140 valence electrons. The zero-order chi connectivity index (χ0) is 18.3. The first-order chi connectivity index (χ1) is 11.9. The van der Waals surface area contributed by atoms with Crippen molar-refractivity contribution in [2.24, 2.45) is 17.8 Å². The van der Waals surface area contributed by atoms with E-state index in [1.54, 1.807) is 0 Å². The Bertz CT molecular complexity index is 663. The second kappa shape index (κ2) is 9.39. The highest BCUT2D eigenvalue weighted by Crippen LogP contribution is 2.29. The third kappa shape index (κ3) is 8.06. The van der Waals surface area contributed by atoms with Crippen molar-refractivity contribution in [1.29, 1.82) is 0 Å². The van der Waals surface area contributed by atoms with Gasteiger partial charge < -0.3 is 4.74 Å². The standard InChI is InChI=1S/C20H31NO3S/c1-16(2)17(3)7-4-5-12-25(22,23)21-14-19-8-6-9-20(13-19)24-15-18-10-11-18/h4,6-9,13,16-18,21H,5,10-12,14-15H2,1-3H3/b7-4+. The van der Waals surface area contributed by atoms with E-state index in [1.807, 2.05) is 30.3 Å². The lowest BCUT2D eigenvalue weighted by atomic mass is 9.98. The van der Waals surface area contributed by atoms with Crippen LogP contribution in [-0.4, -0.2) is 20.8 Å². The van der Waals surface area contributed by atoms with Crippen molar-refractivity contribution in [3.05, 3.63) is 42.0 Å². The largest absolute Gasteiger partial charge is 0.493 e. The van der Waals surface area contributed by atoms with Gasteiger partial charge in [-0.25, -0.2) is 13.1 Å². The molecule has 1 atom stereocenters. The highest BCUT2D eigenvalue weighted by Gasteiger charge is 2.21. The summed E-state index contributed by atoms with van der Waals surface area (Å²) in [6, 6.07) is 7.65. The molecule has 1 unspecified atom stereocenters. The van der Waals surface area contributed by atoms with Crippen molar-refractivity contribution in [3.63, 3.8) is 0 Å². The van der Waals surface area contributed by atoms with E-state index < -0.39 is 10.0 Å². The molecule has 4 nitrogen and oxygen atoms in total. The molecule has 5 heteroatoms. The van der Waals surface area contributed by atoms with Crippen LogP contribution in [0.25, 0.3) is 0 Å². The van der Waals surface area contributed by atoms with E-state index in [2.05, 4.69) is 31.6 Å². The van der Waals surface area contributed by atoms with E-state index in [0.29, 0.717) is 30.7 Å². The molecule has 1 fully saturated rings. The molecule has 0 aromatic heterocycles. The Balaban J connectivity index is 1.75. The predicted octanol–water partition coefficient (Wildman–Crippen LogP) is 4.13. The van der Waals surface area contributed by atoms with Gasteiger partial charge in [0.2, 0.25) is 10.0 Å². The Labute approximate surface area is 152 Å². The molecule has 0 saturated heterocycles. The van der Waals surface area contributed by atoms with Crippen molar-refractivity contribution in [2.75, 3.05) is 12.4 Å². The van der Waals surface area contributed by atoms with Gasteiger partial charge in [0.05, 0.1) is 12.4 Å². The minimum atomic E-state index is -3.27. The number of allylic oxidation sites excluding steroid dienone is 2. The molecular weight excluding hydrogens is 334 g/mol. The Kier molecular flexibility index (Phi) is 7.51. The first-order valence-corrected chi connectivity index (χ1v) is 10.9. The second-order valence-electron chi connectivity index (χ2n) is 7.36. The maximum atomic E-state index is 12.1. The normalized spacial score (nSPS) is 16.5. The zero-order valence-electron chi connectivity index (χ0n) is 15.6. The summed E-state index contributed by atoms with van der Waals surface area (Å²) in [5.74, 6) is 2.67. The van der Waals surface area contributed by atoms with Crippen molar-refractivity contribution < 1.29 is 13.2 Å². The molecule has 0 aliphatic heterocycles. The summed E-state index contributed by atoms with van der Waals surface area (Å²) < 4.78 is 32.6. The zero-order valence-corrected chi connectivity index (χ0v) is 16.4. The van der Waals surface area contributed by atoms with Crippen LogP contribution in [0, 0.1) is 17.8 Å². The molecule has 1 aliphatic carbocycles. The van der Waals surface area contributed by atoms with Crippen molar-refractivity contribution in [3.8, 4) is 5.75 Å². The minimum absolute atomic E-state index is 0.117. The summed E-state index contributed by atoms with van der Waals surface area (Å²) >= 11 is 0. The molecule has 1 N–H and O–H groups in total. The third-order valence-corrected chi connectivity index (χ3v) is 5.98. The quantitative estimate of drug-likeness (QED) is 0.600. The Hall–Kier alpha value is -1.33. The molecule has 25 heavy (non-hydrogen) atoms. The Morgan fingerprint density at radius 1 is 1.28 bits per heavy atom. The number of rotatable bonds is 11. The van der Waals surface area contributed by atoms with Gasteiger partial charge in [0, 0.05) is 6.54 Å². The fourth-order valence-corrected chi connectivity index (χ4v) is 3.24. The van der Waals surface area contributed by atoms with Crippen LogP contribution < -0.4 is 9.46 Å². The second-order valence-corrected chi connectivity index (χ2v) is 9.29. The fourth-order valence-electron chi connectivity index (χ4n) is 2.27. The van der Waals surface area contributed by atoms with Crippen LogP contribution in [0.5, 0.6) is 5.75 Å². The first-order valence-electron chi connectivity index (χ1n) is 9.21. The topological polar surface area (TPSA) is 55.4 Å².